The van der Waals surface area contributed by atoms with Crippen LogP contribution in [0.15, 0.2) is 0 Å². The molecule has 3 unspecified atom stereocenters. The summed E-state index contributed by atoms with van der Waals surface area (Å²) in [6, 6.07) is 0. The van der Waals surface area contributed by atoms with E-state index in [0.29, 0.717) is 25.7 Å². The third-order valence-electron chi connectivity index (χ3n) is 16.8. The summed E-state index contributed by atoms with van der Waals surface area (Å²) in [7, 11) is -9.91. The van der Waals surface area contributed by atoms with Crippen LogP contribution < -0.4 is 0 Å². The lowest BCUT2D eigenvalue weighted by atomic mass is 10.0. The number of carbonyl (C=O) groups is 4. The normalized spacial score (nSPS) is 14.2. The molecule has 3 N–H and O–H groups in total. The first-order chi connectivity index (χ1) is 44.1. The molecule has 0 radical (unpaired) electrons. The van der Waals surface area contributed by atoms with Crippen LogP contribution in [0.4, 0.5) is 0 Å². The van der Waals surface area contributed by atoms with Crippen LogP contribution >= 0.6 is 15.6 Å². The van der Waals surface area contributed by atoms with Gasteiger partial charge in [-0.15, -0.1) is 0 Å². The number of ether oxygens (including phenoxy) is 4. The molecule has 0 aromatic heterocycles. The van der Waals surface area contributed by atoms with E-state index in [4.69, 9.17) is 37.0 Å². The van der Waals surface area contributed by atoms with E-state index in [0.717, 1.165) is 114 Å². The molecular formula is C73H142O17P2. The minimum absolute atomic E-state index is 0.105. The molecule has 0 saturated heterocycles. The Morgan fingerprint density at radius 2 is 0.457 bits per heavy atom. The molecule has 0 fully saturated rings. The first-order valence-electron chi connectivity index (χ1n) is 37.7. The van der Waals surface area contributed by atoms with Gasteiger partial charge in [0.25, 0.3) is 0 Å². The highest BCUT2D eigenvalue weighted by molar-refractivity contribution is 7.47. The summed E-state index contributed by atoms with van der Waals surface area (Å²) in [5.74, 6) is 0.890. The quantitative estimate of drug-likeness (QED) is 0.0222. The molecule has 0 rings (SSSR count). The molecule has 0 aromatic carbocycles. The number of aliphatic hydroxyl groups is 1. The Hall–Kier alpha value is -1.94. The zero-order valence-electron chi connectivity index (χ0n) is 60.2. The monoisotopic (exact) mass is 1350 g/mol. The lowest BCUT2D eigenvalue weighted by Crippen LogP contribution is -2.30. The van der Waals surface area contributed by atoms with Crippen molar-refractivity contribution in [2.24, 2.45) is 23.7 Å². The van der Waals surface area contributed by atoms with Crippen molar-refractivity contribution in [3.05, 3.63) is 0 Å². The summed E-state index contributed by atoms with van der Waals surface area (Å²) in [5, 5.41) is 10.6. The smallest absolute Gasteiger partial charge is 0.462 e. The third-order valence-corrected chi connectivity index (χ3v) is 18.7. The van der Waals surface area contributed by atoms with Gasteiger partial charge >= 0.3 is 39.5 Å². The summed E-state index contributed by atoms with van der Waals surface area (Å²) < 4.78 is 68.4. The Morgan fingerprint density at radius 1 is 0.272 bits per heavy atom. The van der Waals surface area contributed by atoms with Gasteiger partial charge in [-0.2, -0.15) is 0 Å². The van der Waals surface area contributed by atoms with E-state index in [1.54, 1.807) is 0 Å². The minimum Gasteiger partial charge on any atom is -0.462 e. The fraction of sp³-hybridized carbons (Fsp3) is 0.945. The van der Waals surface area contributed by atoms with E-state index < -0.39 is 97.5 Å². The summed E-state index contributed by atoms with van der Waals surface area (Å²) in [5.41, 5.74) is 0. The number of unbranched alkanes of at least 4 members (excludes halogenated alkanes) is 36. The summed E-state index contributed by atoms with van der Waals surface area (Å²) in [4.78, 5) is 72.7. The Labute approximate surface area is 562 Å². The number of phosphoric acid groups is 2. The van der Waals surface area contributed by atoms with E-state index >= 15 is 0 Å². The molecule has 0 aromatic rings. The van der Waals surface area contributed by atoms with Crippen LogP contribution in [-0.4, -0.2) is 96.7 Å². The number of hydrogen-bond acceptors (Lipinski definition) is 15. The van der Waals surface area contributed by atoms with Crippen LogP contribution in [-0.2, 0) is 65.4 Å². The third kappa shape index (κ3) is 66.7. The van der Waals surface area contributed by atoms with Gasteiger partial charge in [0.2, 0.25) is 0 Å². The van der Waals surface area contributed by atoms with Crippen molar-refractivity contribution in [3.8, 4) is 0 Å². The highest BCUT2D eigenvalue weighted by Crippen LogP contribution is 2.45. The van der Waals surface area contributed by atoms with E-state index in [-0.39, 0.29) is 25.7 Å². The van der Waals surface area contributed by atoms with Crippen molar-refractivity contribution in [1.82, 2.24) is 0 Å². The molecule has 0 amide bonds. The van der Waals surface area contributed by atoms with Crippen molar-refractivity contribution in [2.75, 3.05) is 39.6 Å². The molecule has 0 aliphatic heterocycles. The van der Waals surface area contributed by atoms with E-state index in [1.807, 2.05) is 0 Å². The Balaban J connectivity index is 5.27. The van der Waals surface area contributed by atoms with Gasteiger partial charge in [0.05, 0.1) is 26.4 Å². The van der Waals surface area contributed by atoms with Crippen LogP contribution in [0.3, 0.4) is 0 Å². The number of rotatable bonds is 70. The van der Waals surface area contributed by atoms with E-state index in [9.17, 15) is 43.2 Å². The molecule has 5 atom stereocenters. The molecule has 0 aliphatic rings. The maximum atomic E-state index is 13.1. The maximum absolute atomic E-state index is 13.1. The van der Waals surface area contributed by atoms with Gasteiger partial charge in [-0.3, -0.25) is 37.3 Å². The predicted molar refractivity (Wildman–Crippen MR) is 372 cm³/mol. The van der Waals surface area contributed by atoms with Crippen LogP contribution in [0.25, 0.3) is 0 Å². The Morgan fingerprint density at radius 3 is 0.674 bits per heavy atom. The number of phosphoric ester groups is 2. The molecular weight excluding hydrogens is 1210 g/mol. The predicted octanol–water partition coefficient (Wildman–Crippen LogP) is 20.9. The lowest BCUT2D eigenvalue weighted by molar-refractivity contribution is -0.161. The zero-order valence-corrected chi connectivity index (χ0v) is 62.0. The van der Waals surface area contributed by atoms with Gasteiger partial charge in [0.1, 0.15) is 19.3 Å². The van der Waals surface area contributed by atoms with Crippen molar-refractivity contribution in [2.45, 2.75) is 382 Å². The molecule has 19 heteroatoms. The Bertz CT molecular complexity index is 1820. The van der Waals surface area contributed by atoms with Crippen molar-refractivity contribution < 1.29 is 80.2 Å². The SMILES string of the molecule is CC(C)CCCCCCCCCCCCCC(=O)OC[C@H](COP(=O)(O)OCC(O)COP(=O)(O)OC[C@@H](COC(=O)CCCCCCCCCCC(C)C)OC(=O)CCCCCCCCCCCCC(C)C)OC(=O)CCCCCCCCCCCCCC(C)C. The molecule has 92 heavy (non-hydrogen) atoms. The van der Waals surface area contributed by atoms with E-state index in [1.165, 1.54) is 167 Å². The van der Waals surface area contributed by atoms with Crippen molar-refractivity contribution in [3.63, 3.8) is 0 Å². The van der Waals surface area contributed by atoms with Gasteiger partial charge in [0.15, 0.2) is 12.2 Å². The van der Waals surface area contributed by atoms with Crippen LogP contribution in [0.2, 0.25) is 0 Å². The first-order valence-corrected chi connectivity index (χ1v) is 40.7. The molecule has 0 saturated carbocycles. The highest BCUT2D eigenvalue weighted by Gasteiger charge is 2.30. The number of esters is 4. The second-order valence-electron chi connectivity index (χ2n) is 28.2. The zero-order chi connectivity index (χ0) is 68.2. The summed E-state index contributed by atoms with van der Waals surface area (Å²) in [6.07, 6.45) is 45.8. The molecule has 17 nitrogen and oxygen atoms in total. The van der Waals surface area contributed by atoms with Crippen LogP contribution in [0.1, 0.15) is 364 Å². The minimum atomic E-state index is -4.96. The fourth-order valence-electron chi connectivity index (χ4n) is 11.0. The summed E-state index contributed by atoms with van der Waals surface area (Å²) in [6.45, 7) is 14.1. The highest BCUT2D eigenvalue weighted by atomic mass is 31.2. The summed E-state index contributed by atoms with van der Waals surface area (Å²) >= 11 is 0. The van der Waals surface area contributed by atoms with Gasteiger partial charge in [0, 0.05) is 25.7 Å². The largest absolute Gasteiger partial charge is 0.472 e. The first kappa shape index (κ1) is 90.1. The molecule has 0 spiro atoms. The number of hydrogen-bond donors (Lipinski definition) is 3. The van der Waals surface area contributed by atoms with Gasteiger partial charge in [-0.25, -0.2) is 9.13 Å². The van der Waals surface area contributed by atoms with Gasteiger partial charge in [-0.05, 0) is 49.4 Å². The Kier molecular flexibility index (Phi) is 61.3. The topological polar surface area (TPSA) is 237 Å². The standard InChI is InChI=1S/C73H142O17P2/c1-63(2)49-41-33-25-17-11-9-13-20-29-37-45-53-70(75)83-59-68(89-72(77)55-47-39-31-21-14-10-12-18-26-34-42-50-64(3)4)61-87-91(79,80)85-57-67(74)58-86-92(81,82)88-62-69(60-84-71(76)54-46-38-30-24-23-28-36-44-52-66(7)8)90-73(78)56-48-40-32-22-16-15-19-27-35-43-51-65(5)6/h63-69,74H,9-62H2,1-8H3,(H,79,80)(H,81,82)/t67?,68-,69-/m1/s1. The van der Waals surface area contributed by atoms with Crippen molar-refractivity contribution >= 4 is 39.5 Å². The second-order valence-corrected chi connectivity index (χ2v) is 31.1. The fourth-order valence-corrected chi connectivity index (χ4v) is 12.6. The lowest BCUT2D eigenvalue weighted by Gasteiger charge is -2.21. The van der Waals surface area contributed by atoms with Crippen molar-refractivity contribution in [1.29, 1.82) is 0 Å². The van der Waals surface area contributed by atoms with Gasteiger partial charge < -0.3 is 33.8 Å². The second kappa shape index (κ2) is 62.6. The van der Waals surface area contributed by atoms with Crippen LogP contribution in [0, 0.1) is 23.7 Å². The van der Waals surface area contributed by atoms with Crippen LogP contribution in [0.5, 0.6) is 0 Å². The molecule has 546 valence electrons. The molecule has 0 aliphatic carbocycles. The molecule has 0 heterocycles. The number of carbonyl (C=O) groups excluding carboxylic acids is 4. The van der Waals surface area contributed by atoms with Gasteiger partial charge in [-0.1, -0.05) is 312 Å². The average Bonchev–Trinajstić information content (AvgIpc) is 1.52. The number of aliphatic hydroxyl groups excluding tert-OH is 1. The molecule has 0 bridgehead atoms. The van der Waals surface area contributed by atoms with E-state index in [2.05, 4.69) is 55.4 Å². The maximum Gasteiger partial charge on any atom is 0.472 e. The average molecular weight is 1350 g/mol.